The third kappa shape index (κ3) is 4.32. The number of amides is 1. The zero-order chi connectivity index (χ0) is 15.4. The Morgan fingerprint density at radius 2 is 1.90 bits per heavy atom. The van der Waals surface area contributed by atoms with Crippen LogP contribution in [0, 0.1) is 5.82 Å². The second-order valence-electron chi connectivity index (χ2n) is 4.87. The standard InChI is InChI=1S/C14H14Cl2FNO3/c15-10-6-11(16)12(17)5-9(10)14(20)21-7-13(19)18-8-3-1-2-4-8/h5-6,8H,1-4,7H2,(H,18,19). The minimum atomic E-state index is -0.864. The van der Waals surface area contributed by atoms with Crippen molar-refractivity contribution in [3.05, 3.63) is 33.6 Å². The van der Waals surface area contributed by atoms with Gasteiger partial charge in [-0.2, -0.15) is 0 Å². The number of benzene rings is 1. The first kappa shape index (κ1) is 16.0. The molecule has 0 aliphatic heterocycles. The lowest BCUT2D eigenvalue weighted by molar-refractivity contribution is -0.124. The number of ether oxygens (including phenoxy) is 1. The molecular formula is C14H14Cl2FNO3. The number of nitrogens with one attached hydrogen (secondary N) is 1. The summed E-state index contributed by atoms with van der Waals surface area (Å²) in [6, 6.07) is 2.16. The molecule has 1 N–H and O–H groups in total. The van der Waals surface area contributed by atoms with Crippen LogP contribution in [0.5, 0.6) is 0 Å². The average molecular weight is 334 g/mol. The first-order chi connectivity index (χ1) is 9.97. The third-order valence-corrected chi connectivity index (χ3v) is 3.89. The summed E-state index contributed by atoms with van der Waals surface area (Å²) in [5.41, 5.74) is -0.160. The summed E-state index contributed by atoms with van der Waals surface area (Å²) in [6.07, 6.45) is 4.05. The number of carbonyl (C=O) groups is 2. The highest BCUT2D eigenvalue weighted by Crippen LogP contribution is 2.25. The summed E-state index contributed by atoms with van der Waals surface area (Å²) in [5.74, 6) is -2.01. The van der Waals surface area contributed by atoms with E-state index in [9.17, 15) is 14.0 Å². The normalized spacial score (nSPS) is 15.0. The lowest BCUT2D eigenvalue weighted by Crippen LogP contribution is -2.35. The highest BCUT2D eigenvalue weighted by atomic mass is 35.5. The Balaban J connectivity index is 1.89. The van der Waals surface area contributed by atoms with Crippen molar-refractivity contribution < 1.29 is 18.7 Å². The monoisotopic (exact) mass is 333 g/mol. The fourth-order valence-corrected chi connectivity index (χ4v) is 2.69. The van der Waals surface area contributed by atoms with Crippen molar-refractivity contribution in [2.75, 3.05) is 6.61 Å². The number of rotatable bonds is 4. The van der Waals surface area contributed by atoms with Crippen LogP contribution in [0.1, 0.15) is 36.0 Å². The highest BCUT2D eigenvalue weighted by molar-refractivity contribution is 6.36. The molecule has 0 radical (unpaired) electrons. The average Bonchev–Trinajstić information content (AvgIpc) is 2.93. The van der Waals surface area contributed by atoms with E-state index in [-0.39, 0.29) is 27.6 Å². The van der Waals surface area contributed by atoms with E-state index in [0.29, 0.717) is 0 Å². The minimum absolute atomic E-state index is 0.0254. The molecule has 1 aromatic carbocycles. The van der Waals surface area contributed by atoms with Gasteiger partial charge in [0, 0.05) is 6.04 Å². The van der Waals surface area contributed by atoms with Gasteiger partial charge >= 0.3 is 5.97 Å². The van der Waals surface area contributed by atoms with Gasteiger partial charge in [0.1, 0.15) is 5.82 Å². The molecule has 0 unspecified atom stereocenters. The molecule has 7 heteroatoms. The van der Waals surface area contributed by atoms with Gasteiger partial charge in [0.25, 0.3) is 5.91 Å². The van der Waals surface area contributed by atoms with Crippen molar-refractivity contribution in [3.63, 3.8) is 0 Å². The molecule has 1 aliphatic carbocycles. The van der Waals surface area contributed by atoms with Crippen LogP contribution in [0.25, 0.3) is 0 Å². The summed E-state index contributed by atoms with van der Waals surface area (Å²) in [7, 11) is 0. The Labute approximate surface area is 131 Å². The Bertz CT molecular complexity index is 559. The van der Waals surface area contributed by atoms with E-state index in [1.807, 2.05) is 0 Å². The van der Waals surface area contributed by atoms with E-state index in [4.69, 9.17) is 27.9 Å². The second-order valence-corrected chi connectivity index (χ2v) is 5.69. The van der Waals surface area contributed by atoms with Crippen molar-refractivity contribution in [2.45, 2.75) is 31.7 Å². The Morgan fingerprint density at radius 1 is 1.24 bits per heavy atom. The SMILES string of the molecule is O=C(COC(=O)c1cc(F)c(Cl)cc1Cl)NC1CCCC1. The second kappa shape index (κ2) is 7.09. The maximum absolute atomic E-state index is 13.3. The first-order valence-corrected chi connectivity index (χ1v) is 7.34. The van der Waals surface area contributed by atoms with E-state index >= 15 is 0 Å². The fraction of sp³-hybridized carbons (Fsp3) is 0.429. The number of carbonyl (C=O) groups excluding carboxylic acids is 2. The molecule has 114 valence electrons. The van der Waals surface area contributed by atoms with Gasteiger partial charge in [0.05, 0.1) is 15.6 Å². The largest absolute Gasteiger partial charge is 0.452 e. The van der Waals surface area contributed by atoms with Crippen LogP contribution in [-0.2, 0) is 9.53 Å². The van der Waals surface area contributed by atoms with Crippen LogP contribution in [0.2, 0.25) is 10.0 Å². The van der Waals surface area contributed by atoms with Gasteiger partial charge in [-0.1, -0.05) is 36.0 Å². The van der Waals surface area contributed by atoms with Gasteiger partial charge in [0.15, 0.2) is 6.61 Å². The van der Waals surface area contributed by atoms with Crippen molar-refractivity contribution in [2.24, 2.45) is 0 Å². The molecule has 21 heavy (non-hydrogen) atoms. The number of hydrogen-bond donors (Lipinski definition) is 1. The van der Waals surface area contributed by atoms with Gasteiger partial charge in [-0.15, -0.1) is 0 Å². The summed E-state index contributed by atoms with van der Waals surface area (Å²) in [5, 5.41) is 2.57. The molecule has 0 bridgehead atoms. The Morgan fingerprint density at radius 3 is 2.57 bits per heavy atom. The van der Waals surface area contributed by atoms with Crippen molar-refractivity contribution >= 4 is 35.1 Å². The molecule has 1 saturated carbocycles. The van der Waals surface area contributed by atoms with Crippen LogP contribution < -0.4 is 5.32 Å². The van der Waals surface area contributed by atoms with E-state index in [1.54, 1.807) is 0 Å². The summed E-state index contributed by atoms with van der Waals surface area (Å²) < 4.78 is 18.1. The first-order valence-electron chi connectivity index (χ1n) is 6.58. The smallest absolute Gasteiger partial charge is 0.340 e. The molecular weight excluding hydrogens is 320 g/mol. The molecule has 1 aromatic rings. The van der Waals surface area contributed by atoms with E-state index in [0.717, 1.165) is 37.8 Å². The van der Waals surface area contributed by atoms with E-state index in [1.165, 1.54) is 0 Å². The lowest BCUT2D eigenvalue weighted by atomic mass is 10.2. The van der Waals surface area contributed by atoms with Crippen LogP contribution in [-0.4, -0.2) is 24.5 Å². The van der Waals surface area contributed by atoms with E-state index < -0.39 is 18.4 Å². The van der Waals surface area contributed by atoms with Gasteiger partial charge in [-0.05, 0) is 25.0 Å². The number of hydrogen-bond acceptors (Lipinski definition) is 3. The third-order valence-electron chi connectivity index (χ3n) is 3.28. The molecule has 4 nitrogen and oxygen atoms in total. The number of halogens is 3. The Kier molecular flexibility index (Phi) is 5.42. The van der Waals surface area contributed by atoms with Crippen molar-refractivity contribution in [1.82, 2.24) is 5.32 Å². The lowest BCUT2D eigenvalue weighted by Gasteiger charge is -2.12. The summed E-state index contributed by atoms with van der Waals surface area (Å²) >= 11 is 11.3. The van der Waals surface area contributed by atoms with Gasteiger partial charge in [0.2, 0.25) is 0 Å². The molecule has 0 spiro atoms. The molecule has 0 heterocycles. The predicted octanol–water partition coefficient (Wildman–Crippen LogP) is 3.35. The molecule has 1 amide bonds. The zero-order valence-corrected chi connectivity index (χ0v) is 12.6. The van der Waals surface area contributed by atoms with Crippen molar-refractivity contribution in [1.29, 1.82) is 0 Å². The van der Waals surface area contributed by atoms with Gasteiger partial charge < -0.3 is 10.1 Å². The van der Waals surface area contributed by atoms with Gasteiger partial charge in [-0.25, -0.2) is 9.18 Å². The van der Waals surface area contributed by atoms with Crippen LogP contribution >= 0.6 is 23.2 Å². The van der Waals surface area contributed by atoms with E-state index in [2.05, 4.69) is 5.32 Å². The maximum Gasteiger partial charge on any atom is 0.340 e. The van der Waals surface area contributed by atoms with Crippen LogP contribution in [0.3, 0.4) is 0 Å². The van der Waals surface area contributed by atoms with Crippen LogP contribution in [0.4, 0.5) is 4.39 Å². The molecule has 1 fully saturated rings. The predicted molar refractivity (Wildman–Crippen MR) is 77.1 cm³/mol. The van der Waals surface area contributed by atoms with Gasteiger partial charge in [-0.3, -0.25) is 4.79 Å². The molecule has 0 saturated heterocycles. The molecule has 0 aromatic heterocycles. The zero-order valence-electron chi connectivity index (χ0n) is 11.1. The fourth-order valence-electron chi connectivity index (χ4n) is 2.23. The summed E-state index contributed by atoms with van der Waals surface area (Å²) in [4.78, 5) is 23.4. The quantitative estimate of drug-likeness (QED) is 0.679. The summed E-state index contributed by atoms with van der Waals surface area (Å²) in [6.45, 7) is -0.421. The molecule has 2 rings (SSSR count). The molecule has 1 aliphatic rings. The molecule has 0 atom stereocenters. The number of esters is 1. The minimum Gasteiger partial charge on any atom is -0.452 e. The maximum atomic E-state index is 13.3. The topological polar surface area (TPSA) is 55.4 Å². The van der Waals surface area contributed by atoms with Crippen molar-refractivity contribution in [3.8, 4) is 0 Å². The Hall–Kier alpha value is -1.33. The highest BCUT2D eigenvalue weighted by Gasteiger charge is 2.19. The van der Waals surface area contributed by atoms with Crippen LogP contribution in [0.15, 0.2) is 12.1 Å².